The minimum atomic E-state index is -0.232. The molecule has 1 aliphatic heterocycles. The molecule has 4 rings (SSSR count). The first-order valence-corrected chi connectivity index (χ1v) is 8.95. The van der Waals surface area contributed by atoms with E-state index in [2.05, 4.69) is 25.5 Å². The summed E-state index contributed by atoms with van der Waals surface area (Å²) in [7, 11) is 0. The van der Waals surface area contributed by atoms with Gasteiger partial charge in [0.1, 0.15) is 23.5 Å². The molecule has 27 heavy (non-hydrogen) atoms. The van der Waals surface area contributed by atoms with Gasteiger partial charge in [-0.1, -0.05) is 18.2 Å². The van der Waals surface area contributed by atoms with Gasteiger partial charge in [0.05, 0.1) is 13.2 Å². The van der Waals surface area contributed by atoms with Crippen LogP contribution in [-0.2, 0) is 4.74 Å². The Balaban J connectivity index is 1.27. The van der Waals surface area contributed by atoms with Crippen molar-refractivity contribution >= 4 is 28.5 Å². The third-order valence-corrected chi connectivity index (χ3v) is 4.35. The number of amides is 1. The van der Waals surface area contributed by atoms with Crippen LogP contribution in [0.2, 0.25) is 0 Å². The topological polar surface area (TPSA) is 92.5 Å². The zero-order valence-corrected chi connectivity index (χ0v) is 14.9. The summed E-state index contributed by atoms with van der Waals surface area (Å²) in [5.74, 6) is 1.68. The van der Waals surface area contributed by atoms with Crippen LogP contribution in [0.1, 0.15) is 10.6 Å². The number of furan rings is 1. The van der Waals surface area contributed by atoms with Gasteiger partial charge in [-0.05, 0) is 12.1 Å². The second kappa shape index (κ2) is 8.05. The number of aromatic nitrogens is 2. The summed E-state index contributed by atoms with van der Waals surface area (Å²) in [6.07, 6.45) is 1.54. The summed E-state index contributed by atoms with van der Waals surface area (Å²) in [5.41, 5.74) is 0.706. The van der Waals surface area contributed by atoms with Crippen LogP contribution in [0.5, 0.6) is 0 Å². The number of morpholine rings is 1. The van der Waals surface area contributed by atoms with Crippen LogP contribution in [0.25, 0.3) is 11.0 Å². The summed E-state index contributed by atoms with van der Waals surface area (Å²) in [6, 6.07) is 11.2. The highest BCUT2D eigenvalue weighted by molar-refractivity contribution is 5.96. The molecule has 1 amide bonds. The Bertz CT molecular complexity index is 887. The second-order valence-corrected chi connectivity index (χ2v) is 6.19. The fourth-order valence-electron chi connectivity index (χ4n) is 2.96. The van der Waals surface area contributed by atoms with Crippen LogP contribution in [0, 0.1) is 0 Å². The Kier molecular flexibility index (Phi) is 5.15. The average molecular weight is 367 g/mol. The highest BCUT2D eigenvalue weighted by atomic mass is 16.5. The molecule has 2 aromatic heterocycles. The molecule has 8 heteroatoms. The largest absolute Gasteiger partial charge is 0.451 e. The smallest absolute Gasteiger partial charge is 0.287 e. The van der Waals surface area contributed by atoms with Gasteiger partial charge in [0, 0.05) is 37.6 Å². The van der Waals surface area contributed by atoms with E-state index in [1.54, 1.807) is 12.4 Å². The first-order chi connectivity index (χ1) is 13.3. The zero-order chi connectivity index (χ0) is 18.5. The van der Waals surface area contributed by atoms with E-state index >= 15 is 0 Å². The third-order valence-electron chi connectivity index (χ3n) is 4.35. The number of fused-ring (bicyclic) bond motifs is 1. The van der Waals surface area contributed by atoms with Crippen molar-refractivity contribution in [1.29, 1.82) is 0 Å². The molecule has 1 aliphatic rings. The maximum Gasteiger partial charge on any atom is 0.287 e. The van der Waals surface area contributed by atoms with Crippen molar-refractivity contribution in [2.24, 2.45) is 0 Å². The van der Waals surface area contributed by atoms with Crippen molar-refractivity contribution < 1.29 is 13.9 Å². The Labute approximate surface area is 156 Å². The first kappa shape index (κ1) is 17.3. The maximum atomic E-state index is 12.2. The number of carbonyl (C=O) groups is 1. The number of anilines is 2. The molecule has 3 aromatic rings. The fraction of sp³-hybridized carbons (Fsp3) is 0.316. The summed E-state index contributed by atoms with van der Waals surface area (Å²) in [5, 5.41) is 6.96. The molecule has 140 valence electrons. The van der Waals surface area contributed by atoms with E-state index in [9.17, 15) is 4.79 Å². The molecule has 0 radical (unpaired) electrons. The van der Waals surface area contributed by atoms with Crippen molar-refractivity contribution in [2.75, 3.05) is 49.6 Å². The third kappa shape index (κ3) is 4.17. The van der Waals surface area contributed by atoms with E-state index in [1.165, 1.54) is 0 Å². The van der Waals surface area contributed by atoms with Gasteiger partial charge in [-0.15, -0.1) is 0 Å². The fourth-order valence-corrected chi connectivity index (χ4v) is 2.96. The molecule has 0 aliphatic carbocycles. The molecule has 0 atom stereocenters. The molecule has 1 aromatic carbocycles. The van der Waals surface area contributed by atoms with Crippen LogP contribution < -0.4 is 15.5 Å². The lowest BCUT2D eigenvalue weighted by Crippen LogP contribution is -2.36. The molecular formula is C19H21N5O3. The number of nitrogens with one attached hydrogen (secondary N) is 2. The van der Waals surface area contributed by atoms with E-state index in [4.69, 9.17) is 9.15 Å². The van der Waals surface area contributed by atoms with E-state index in [-0.39, 0.29) is 5.91 Å². The van der Waals surface area contributed by atoms with Crippen molar-refractivity contribution in [3.8, 4) is 0 Å². The summed E-state index contributed by atoms with van der Waals surface area (Å²) < 4.78 is 10.9. The molecule has 0 saturated carbocycles. The van der Waals surface area contributed by atoms with Crippen molar-refractivity contribution in [2.45, 2.75) is 0 Å². The Morgan fingerprint density at radius 1 is 1.11 bits per heavy atom. The Morgan fingerprint density at radius 2 is 1.96 bits per heavy atom. The zero-order valence-electron chi connectivity index (χ0n) is 14.9. The number of hydrogen-bond donors (Lipinski definition) is 2. The summed E-state index contributed by atoms with van der Waals surface area (Å²) >= 11 is 0. The monoisotopic (exact) mass is 367 g/mol. The number of rotatable bonds is 6. The van der Waals surface area contributed by atoms with Gasteiger partial charge in [-0.3, -0.25) is 4.79 Å². The average Bonchev–Trinajstić information content (AvgIpc) is 3.16. The quantitative estimate of drug-likeness (QED) is 0.643. The number of carbonyl (C=O) groups excluding carboxylic acids is 1. The van der Waals surface area contributed by atoms with Crippen LogP contribution in [0.4, 0.5) is 11.6 Å². The van der Waals surface area contributed by atoms with Crippen LogP contribution in [-0.4, -0.2) is 55.3 Å². The normalized spacial score (nSPS) is 14.3. The predicted octanol–water partition coefficient (Wildman–Crippen LogP) is 1.90. The maximum absolute atomic E-state index is 12.2. The molecule has 0 spiro atoms. The summed E-state index contributed by atoms with van der Waals surface area (Å²) in [4.78, 5) is 22.9. The molecule has 1 saturated heterocycles. The van der Waals surface area contributed by atoms with Gasteiger partial charge in [0.15, 0.2) is 5.76 Å². The van der Waals surface area contributed by atoms with Crippen LogP contribution in [0.3, 0.4) is 0 Å². The molecular weight excluding hydrogens is 346 g/mol. The predicted molar refractivity (Wildman–Crippen MR) is 102 cm³/mol. The number of ether oxygens (including phenoxy) is 1. The van der Waals surface area contributed by atoms with E-state index < -0.39 is 0 Å². The minimum Gasteiger partial charge on any atom is -0.451 e. The number of benzene rings is 1. The van der Waals surface area contributed by atoms with E-state index in [0.717, 1.165) is 30.1 Å². The Morgan fingerprint density at radius 3 is 2.81 bits per heavy atom. The standard InChI is InChI=1S/C19H21N5O3/c25-19(16-11-14-3-1-2-4-15(14)27-16)21-6-5-20-17-12-18(23-13-22-17)24-7-9-26-10-8-24/h1-4,11-13H,5-10H2,(H,21,25)(H,20,22,23). The lowest BCUT2D eigenvalue weighted by Gasteiger charge is -2.27. The Hall–Kier alpha value is -3.13. The van der Waals surface area contributed by atoms with Gasteiger partial charge in [-0.2, -0.15) is 0 Å². The molecule has 0 unspecified atom stereocenters. The molecule has 3 heterocycles. The molecule has 8 nitrogen and oxygen atoms in total. The van der Waals surface area contributed by atoms with E-state index in [1.807, 2.05) is 30.3 Å². The number of para-hydroxylation sites is 1. The van der Waals surface area contributed by atoms with E-state index in [0.29, 0.717) is 37.6 Å². The molecule has 0 bridgehead atoms. The number of nitrogens with zero attached hydrogens (tertiary/aromatic N) is 3. The van der Waals surface area contributed by atoms with Crippen molar-refractivity contribution in [3.63, 3.8) is 0 Å². The van der Waals surface area contributed by atoms with Gasteiger partial charge in [-0.25, -0.2) is 9.97 Å². The minimum absolute atomic E-state index is 0.232. The molecule has 1 fully saturated rings. The number of hydrogen-bond acceptors (Lipinski definition) is 7. The highest BCUT2D eigenvalue weighted by Gasteiger charge is 2.13. The van der Waals surface area contributed by atoms with Gasteiger partial charge < -0.3 is 24.7 Å². The molecule has 2 N–H and O–H groups in total. The van der Waals surface area contributed by atoms with Gasteiger partial charge in [0.2, 0.25) is 0 Å². The van der Waals surface area contributed by atoms with Gasteiger partial charge in [0.25, 0.3) is 5.91 Å². The van der Waals surface area contributed by atoms with Crippen LogP contribution >= 0.6 is 0 Å². The van der Waals surface area contributed by atoms with Crippen molar-refractivity contribution in [1.82, 2.24) is 15.3 Å². The highest BCUT2D eigenvalue weighted by Crippen LogP contribution is 2.18. The van der Waals surface area contributed by atoms with Gasteiger partial charge >= 0.3 is 0 Å². The first-order valence-electron chi connectivity index (χ1n) is 8.95. The lowest BCUT2D eigenvalue weighted by molar-refractivity contribution is 0.0929. The second-order valence-electron chi connectivity index (χ2n) is 6.19. The summed E-state index contributed by atoms with van der Waals surface area (Å²) in [6.45, 7) is 4.06. The lowest BCUT2D eigenvalue weighted by atomic mass is 10.2. The van der Waals surface area contributed by atoms with Crippen LogP contribution in [0.15, 0.2) is 47.1 Å². The SMILES string of the molecule is O=C(NCCNc1cc(N2CCOCC2)ncn1)c1cc2ccccc2o1. The van der Waals surface area contributed by atoms with Crippen molar-refractivity contribution in [3.05, 3.63) is 48.5 Å².